The highest BCUT2D eigenvalue weighted by atomic mass is 16.6. The zero-order valence-electron chi connectivity index (χ0n) is 11.8. The summed E-state index contributed by atoms with van der Waals surface area (Å²) < 4.78 is 1.88. The first kappa shape index (κ1) is 14.6. The number of hydrogen-bond donors (Lipinski definition) is 1. The predicted molar refractivity (Wildman–Crippen MR) is 70.7 cm³/mol. The highest BCUT2D eigenvalue weighted by Crippen LogP contribution is 2.17. The maximum Gasteiger partial charge on any atom is 0.384 e. The zero-order chi connectivity index (χ0) is 13.9. The van der Waals surface area contributed by atoms with Crippen LogP contribution in [0.3, 0.4) is 0 Å². The normalized spacial score (nSPS) is 11.8. The van der Waals surface area contributed by atoms with Crippen LogP contribution < -0.4 is 5.32 Å². The van der Waals surface area contributed by atoms with Gasteiger partial charge < -0.3 is 20.0 Å². The van der Waals surface area contributed by atoms with Crippen molar-refractivity contribution < 1.29 is 4.92 Å². The number of nitro groups is 1. The molecule has 0 unspecified atom stereocenters. The van der Waals surface area contributed by atoms with Gasteiger partial charge in [0.15, 0.2) is 0 Å². The first-order valence-corrected chi connectivity index (χ1v) is 6.11. The molecular formula is C12H22N4O2. The van der Waals surface area contributed by atoms with E-state index < -0.39 is 4.92 Å². The van der Waals surface area contributed by atoms with Crippen LogP contribution in [0.25, 0.3) is 0 Å². The highest BCUT2D eigenvalue weighted by molar-refractivity contribution is 5.28. The first-order chi connectivity index (χ1) is 8.22. The Balaban J connectivity index is 2.60. The summed E-state index contributed by atoms with van der Waals surface area (Å²) in [6, 6.07) is 0. The Hall–Kier alpha value is -1.43. The third-order valence-corrected chi connectivity index (χ3v) is 2.73. The smallest absolute Gasteiger partial charge is 0.358 e. The molecule has 0 spiro atoms. The number of nitrogens with one attached hydrogen (secondary N) is 1. The van der Waals surface area contributed by atoms with Crippen molar-refractivity contribution in [2.24, 2.45) is 5.41 Å². The van der Waals surface area contributed by atoms with E-state index in [0.717, 1.165) is 13.1 Å². The van der Waals surface area contributed by atoms with Crippen LogP contribution in [0.15, 0.2) is 0 Å². The Morgan fingerprint density at radius 1 is 1.39 bits per heavy atom. The average molecular weight is 254 g/mol. The molecule has 0 amide bonds. The van der Waals surface area contributed by atoms with Crippen molar-refractivity contribution in [2.45, 2.75) is 41.2 Å². The second-order valence-corrected chi connectivity index (χ2v) is 5.71. The second-order valence-electron chi connectivity index (χ2n) is 5.71. The molecule has 0 aliphatic rings. The number of rotatable bonds is 5. The molecular weight excluding hydrogens is 232 g/mol. The van der Waals surface area contributed by atoms with Gasteiger partial charge in [-0.05, 0) is 22.2 Å². The average Bonchev–Trinajstić information content (AvgIpc) is 2.49. The van der Waals surface area contributed by atoms with Crippen molar-refractivity contribution >= 4 is 5.82 Å². The molecule has 0 atom stereocenters. The fourth-order valence-electron chi connectivity index (χ4n) is 1.81. The topological polar surface area (TPSA) is 73.0 Å². The maximum atomic E-state index is 10.8. The van der Waals surface area contributed by atoms with Crippen molar-refractivity contribution in [1.29, 1.82) is 0 Å². The van der Waals surface area contributed by atoms with Crippen molar-refractivity contribution in [3.8, 4) is 0 Å². The fourth-order valence-corrected chi connectivity index (χ4v) is 1.81. The predicted octanol–water partition coefficient (Wildman–Crippen LogP) is 2.04. The quantitative estimate of drug-likeness (QED) is 0.496. The van der Waals surface area contributed by atoms with Gasteiger partial charge in [-0.3, -0.25) is 0 Å². The van der Waals surface area contributed by atoms with Crippen LogP contribution in [0.2, 0.25) is 0 Å². The second kappa shape index (κ2) is 5.48. The van der Waals surface area contributed by atoms with E-state index in [1.165, 1.54) is 0 Å². The minimum atomic E-state index is -0.429. The van der Waals surface area contributed by atoms with Crippen molar-refractivity contribution in [1.82, 2.24) is 14.9 Å². The summed E-state index contributed by atoms with van der Waals surface area (Å²) in [5.41, 5.74) is 0.862. The van der Waals surface area contributed by atoms with Crippen molar-refractivity contribution in [2.75, 3.05) is 13.1 Å². The SMILES string of the molecule is Cc1nc([N+](=O)[O-])c(C)n1CCNCC(C)(C)C. The van der Waals surface area contributed by atoms with Crippen LogP contribution in [0.1, 0.15) is 32.3 Å². The van der Waals surface area contributed by atoms with Crippen LogP contribution in [0, 0.1) is 29.4 Å². The van der Waals surface area contributed by atoms with Gasteiger partial charge in [-0.25, -0.2) is 0 Å². The van der Waals surface area contributed by atoms with Crippen LogP contribution in [-0.4, -0.2) is 27.6 Å². The van der Waals surface area contributed by atoms with E-state index in [1.807, 2.05) is 4.57 Å². The molecule has 1 aromatic rings. The summed E-state index contributed by atoms with van der Waals surface area (Å²) in [5, 5.41) is 14.1. The molecule has 1 rings (SSSR count). The lowest BCUT2D eigenvalue weighted by molar-refractivity contribution is -0.390. The lowest BCUT2D eigenvalue weighted by Gasteiger charge is -2.18. The Labute approximate surface area is 108 Å². The molecule has 1 heterocycles. The molecule has 1 N–H and O–H groups in total. The molecule has 0 bridgehead atoms. The van der Waals surface area contributed by atoms with Gasteiger partial charge in [-0.1, -0.05) is 20.8 Å². The summed E-state index contributed by atoms with van der Waals surface area (Å²) in [4.78, 5) is 14.3. The van der Waals surface area contributed by atoms with Crippen LogP contribution in [0.5, 0.6) is 0 Å². The van der Waals surface area contributed by atoms with Crippen LogP contribution in [0.4, 0.5) is 5.82 Å². The van der Waals surface area contributed by atoms with Gasteiger partial charge in [0.1, 0.15) is 5.69 Å². The molecule has 1 aromatic heterocycles. The van der Waals surface area contributed by atoms with Gasteiger partial charge in [0, 0.05) is 26.6 Å². The summed E-state index contributed by atoms with van der Waals surface area (Å²) in [6.07, 6.45) is 0. The lowest BCUT2D eigenvalue weighted by Crippen LogP contribution is -2.29. The van der Waals surface area contributed by atoms with Gasteiger partial charge in [-0.2, -0.15) is 0 Å². The molecule has 6 nitrogen and oxygen atoms in total. The Morgan fingerprint density at radius 3 is 2.44 bits per heavy atom. The van der Waals surface area contributed by atoms with E-state index in [2.05, 4.69) is 31.1 Å². The van der Waals surface area contributed by atoms with E-state index >= 15 is 0 Å². The largest absolute Gasteiger partial charge is 0.384 e. The van der Waals surface area contributed by atoms with E-state index in [0.29, 0.717) is 18.1 Å². The molecule has 0 saturated carbocycles. The Morgan fingerprint density at radius 2 is 2.00 bits per heavy atom. The van der Waals surface area contributed by atoms with Gasteiger partial charge >= 0.3 is 5.82 Å². The summed E-state index contributed by atoms with van der Waals surface area (Å²) in [6.45, 7) is 12.4. The number of hydrogen-bond acceptors (Lipinski definition) is 4. The fraction of sp³-hybridized carbons (Fsp3) is 0.750. The van der Waals surface area contributed by atoms with Gasteiger partial charge in [0.05, 0.1) is 0 Å². The minimum absolute atomic E-state index is 0.0386. The van der Waals surface area contributed by atoms with Crippen LogP contribution in [-0.2, 0) is 6.54 Å². The van der Waals surface area contributed by atoms with E-state index in [9.17, 15) is 10.1 Å². The molecule has 102 valence electrons. The molecule has 0 saturated heterocycles. The third kappa shape index (κ3) is 3.80. The van der Waals surface area contributed by atoms with Gasteiger partial charge in [0.2, 0.25) is 5.82 Å². The summed E-state index contributed by atoms with van der Waals surface area (Å²) >= 11 is 0. The summed E-state index contributed by atoms with van der Waals surface area (Å²) in [5.74, 6) is 0.653. The number of imidazole rings is 1. The molecule has 18 heavy (non-hydrogen) atoms. The van der Waals surface area contributed by atoms with Crippen LogP contribution >= 0.6 is 0 Å². The third-order valence-electron chi connectivity index (χ3n) is 2.73. The number of aromatic nitrogens is 2. The number of aryl methyl sites for hydroxylation is 1. The summed E-state index contributed by atoms with van der Waals surface area (Å²) in [7, 11) is 0. The van der Waals surface area contributed by atoms with Gasteiger partial charge in [0.25, 0.3) is 0 Å². The first-order valence-electron chi connectivity index (χ1n) is 6.11. The standard InChI is InChI=1S/C12H22N4O2/c1-9-11(16(17)18)14-10(2)15(9)7-6-13-8-12(3,4)5/h13H,6-8H2,1-5H3. The monoisotopic (exact) mass is 254 g/mol. The molecule has 0 aliphatic heterocycles. The zero-order valence-corrected chi connectivity index (χ0v) is 11.8. The van der Waals surface area contributed by atoms with Crippen molar-refractivity contribution in [3.05, 3.63) is 21.6 Å². The Bertz CT molecular complexity index is 432. The van der Waals surface area contributed by atoms with Crippen molar-refractivity contribution in [3.63, 3.8) is 0 Å². The molecule has 6 heteroatoms. The van der Waals surface area contributed by atoms with E-state index in [-0.39, 0.29) is 11.2 Å². The molecule has 0 fully saturated rings. The highest BCUT2D eigenvalue weighted by Gasteiger charge is 2.21. The molecule has 0 aliphatic carbocycles. The maximum absolute atomic E-state index is 10.8. The minimum Gasteiger partial charge on any atom is -0.358 e. The lowest BCUT2D eigenvalue weighted by atomic mass is 9.97. The Kier molecular flexibility index (Phi) is 4.45. The van der Waals surface area contributed by atoms with E-state index in [1.54, 1.807) is 13.8 Å². The molecule has 0 radical (unpaired) electrons. The molecule has 0 aromatic carbocycles. The van der Waals surface area contributed by atoms with Gasteiger partial charge in [-0.15, -0.1) is 0 Å². The van der Waals surface area contributed by atoms with E-state index in [4.69, 9.17) is 0 Å². The number of nitrogens with zero attached hydrogens (tertiary/aromatic N) is 3.